The Hall–Kier alpha value is -2.05. The Bertz CT molecular complexity index is 351. The molecule has 0 aromatic heterocycles. The summed E-state index contributed by atoms with van der Waals surface area (Å²) in [5.74, 6) is -2.31. The molecular weight excluding hydrogens is 252 g/mol. The van der Waals surface area contributed by atoms with Gasteiger partial charge < -0.3 is 20.8 Å². The van der Waals surface area contributed by atoms with Crippen LogP contribution in [0.4, 0.5) is 0 Å². The number of hydrogen-bond donors (Lipinski definition) is 4. The molecule has 0 saturated carbocycles. The number of carbonyl (C=O) groups is 3. The Morgan fingerprint density at radius 1 is 1.16 bits per heavy atom. The van der Waals surface area contributed by atoms with Crippen molar-refractivity contribution in [1.29, 1.82) is 0 Å². The van der Waals surface area contributed by atoms with E-state index in [-0.39, 0.29) is 24.8 Å². The number of hydrogen-bond acceptors (Lipinski definition) is 4. The summed E-state index contributed by atoms with van der Waals surface area (Å²) in [5.41, 5.74) is 0.357. The van der Waals surface area contributed by atoms with Crippen molar-refractivity contribution < 1.29 is 24.6 Å². The molecule has 0 aromatic carbocycles. The smallest absolute Gasteiger partial charge is 0.305 e. The Morgan fingerprint density at radius 3 is 2.16 bits per heavy atom. The van der Waals surface area contributed by atoms with Crippen molar-refractivity contribution in [2.45, 2.75) is 45.2 Å². The van der Waals surface area contributed by atoms with Gasteiger partial charge in [-0.05, 0) is 13.3 Å². The number of nitrogens with one attached hydrogen (secondary N) is 2. The minimum absolute atomic E-state index is 0.00514. The zero-order valence-electron chi connectivity index (χ0n) is 11.1. The molecule has 7 heteroatoms. The maximum atomic E-state index is 11.0. The Labute approximate surface area is 111 Å². The topological polar surface area (TPSA) is 116 Å². The summed E-state index contributed by atoms with van der Waals surface area (Å²) in [4.78, 5) is 32.1. The summed E-state index contributed by atoms with van der Waals surface area (Å²) in [7, 11) is 0. The van der Waals surface area contributed by atoms with Crippen LogP contribution in [0.15, 0.2) is 12.3 Å². The molecule has 0 fully saturated rings. The first-order valence-electron chi connectivity index (χ1n) is 5.88. The quantitative estimate of drug-likeness (QED) is 0.480. The summed E-state index contributed by atoms with van der Waals surface area (Å²) in [5, 5.41) is 22.7. The van der Waals surface area contributed by atoms with E-state index in [0.29, 0.717) is 12.1 Å². The molecule has 0 bridgehead atoms. The second-order valence-electron chi connectivity index (χ2n) is 4.35. The van der Waals surface area contributed by atoms with E-state index >= 15 is 0 Å². The highest BCUT2D eigenvalue weighted by Crippen LogP contribution is 2.06. The fourth-order valence-electron chi connectivity index (χ4n) is 1.51. The van der Waals surface area contributed by atoms with Crippen LogP contribution in [-0.2, 0) is 14.4 Å². The van der Waals surface area contributed by atoms with Crippen molar-refractivity contribution in [3.63, 3.8) is 0 Å². The van der Waals surface area contributed by atoms with Gasteiger partial charge in [0, 0.05) is 25.1 Å². The molecule has 0 aliphatic rings. The van der Waals surface area contributed by atoms with Crippen LogP contribution in [0.2, 0.25) is 0 Å². The molecule has 0 unspecified atom stereocenters. The van der Waals surface area contributed by atoms with Crippen LogP contribution in [0, 0.1) is 0 Å². The summed E-state index contributed by atoms with van der Waals surface area (Å²) < 4.78 is 0. The molecule has 0 aliphatic carbocycles. The van der Waals surface area contributed by atoms with Crippen molar-refractivity contribution in [3.8, 4) is 0 Å². The summed E-state index contributed by atoms with van der Waals surface area (Å²) >= 11 is 0. The minimum atomic E-state index is -1.06. The van der Waals surface area contributed by atoms with Gasteiger partial charge in [-0.25, -0.2) is 0 Å². The molecular formula is C12H20N2O5. The van der Waals surface area contributed by atoms with Gasteiger partial charge in [0.25, 0.3) is 0 Å². The second kappa shape index (κ2) is 8.12. The lowest BCUT2D eigenvalue weighted by atomic mass is 10.1. The predicted molar refractivity (Wildman–Crippen MR) is 68.5 cm³/mol. The zero-order chi connectivity index (χ0) is 15.0. The van der Waals surface area contributed by atoms with Gasteiger partial charge in [0.2, 0.25) is 5.91 Å². The molecule has 0 saturated heterocycles. The standard InChI is InChI=1S/C12H20N2O5/c1-7(4-5-11(16)17)13-8(2)10(6-12(18)19)14-9(3)15/h7,10,13H,2,4-6H2,1,3H3,(H,14,15)(H,16,17)(H,18,19)/t7-,10+/m1/s1. The first-order chi connectivity index (χ1) is 8.72. The van der Waals surface area contributed by atoms with Crippen molar-refractivity contribution in [2.75, 3.05) is 0 Å². The number of rotatable bonds is 9. The monoisotopic (exact) mass is 272 g/mol. The molecule has 0 aromatic rings. The normalized spacial score (nSPS) is 13.2. The molecule has 0 aliphatic heterocycles. The van der Waals surface area contributed by atoms with Gasteiger partial charge in [0.05, 0.1) is 12.5 Å². The van der Waals surface area contributed by atoms with Gasteiger partial charge in [0.1, 0.15) is 0 Å². The molecule has 4 N–H and O–H groups in total. The Kier molecular flexibility index (Phi) is 7.25. The van der Waals surface area contributed by atoms with Crippen molar-refractivity contribution in [2.24, 2.45) is 0 Å². The van der Waals surface area contributed by atoms with Crippen LogP contribution in [0.3, 0.4) is 0 Å². The second-order valence-corrected chi connectivity index (χ2v) is 4.35. The Morgan fingerprint density at radius 2 is 1.74 bits per heavy atom. The third-order valence-corrected chi connectivity index (χ3v) is 2.40. The van der Waals surface area contributed by atoms with Gasteiger partial charge >= 0.3 is 11.9 Å². The van der Waals surface area contributed by atoms with Crippen LogP contribution < -0.4 is 10.6 Å². The lowest BCUT2D eigenvalue weighted by Crippen LogP contribution is -2.42. The number of carboxylic acid groups (broad SMARTS) is 2. The van der Waals surface area contributed by atoms with Crippen LogP contribution in [0.5, 0.6) is 0 Å². The third-order valence-electron chi connectivity index (χ3n) is 2.40. The molecule has 1 amide bonds. The average molecular weight is 272 g/mol. The largest absolute Gasteiger partial charge is 0.481 e. The zero-order valence-corrected chi connectivity index (χ0v) is 11.1. The summed E-state index contributed by atoms with van der Waals surface area (Å²) in [6, 6.07) is -0.893. The van der Waals surface area contributed by atoms with E-state index in [2.05, 4.69) is 17.2 Å². The predicted octanol–water partition coefficient (Wildman–Crippen LogP) is 0.322. The van der Waals surface area contributed by atoms with Crippen molar-refractivity contribution >= 4 is 17.8 Å². The summed E-state index contributed by atoms with van der Waals surface area (Å²) in [6.07, 6.45) is 0.108. The minimum Gasteiger partial charge on any atom is -0.481 e. The van der Waals surface area contributed by atoms with E-state index < -0.39 is 18.0 Å². The highest BCUT2D eigenvalue weighted by atomic mass is 16.4. The fourth-order valence-corrected chi connectivity index (χ4v) is 1.51. The van der Waals surface area contributed by atoms with E-state index in [0.717, 1.165) is 0 Å². The van der Waals surface area contributed by atoms with Gasteiger partial charge in [0.15, 0.2) is 0 Å². The first kappa shape index (κ1) is 16.9. The number of carbonyl (C=O) groups excluding carboxylic acids is 1. The summed E-state index contributed by atoms with van der Waals surface area (Å²) in [6.45, 7) is 6.74. The van der Waals surface area contributed by atoms with E-state index in [4.69, 9.17) is 10.2 Å². The molecule has 7 nitrogen and oxygen atoms in total. The molecule has 108 valence electrons. The highest BCUT2D eigenvalue weighted by Gasteiger charge is 2.19. The fraction of sp³-hybridized carbons (Fsp3) is 0.583. The van der Waals surface area contributed by atoms with Crippen LogP contribution in [0.1, 0.15) is 33.1 Å². The van der Waals surface area contributed by atoms with Gasteiger partial charge in [-0.1, -0.05) is 6.58 Å². The molecule has 2 atom stereocenters. The lowest BCUT2D eigenvalue weighted by molar-refractivity contribution is -0.138. The van der Waals surface area contributed by atoms with E-state index in [1.807, 2.05) is 0 Å². The Balaban J connectivity index is 4.41. The molecule has 0 spiro atoms. The van der Waals surface area contributed by atoms with Gasteiger partial charge in [-0.3, -0.25) is 14.4 Å². The highest BCUT2D eigenvalue weighted by molar-refractivity contribution is 5.75. The first-order valence-corrected chi connectivity index (χ1v) is 5.88. The SMILES string of the molecule is C=C(N[C@H](C)CCC(=O)O)[C@H](CC(=O)O)NC(C)=O. The van der Waals surface area contributed by atoms with E-state index in [9.17, 15) is 14.4 Å². The third kappa shape index (κ3) is 8.64. The lowest BCUT2D eigenvalue weighted by Gasteiger charge is -2.23. The maximum absolute atomic E-state index is 11.0. The van der Waals surface area contributed by atoms with Crippen LogP contribution in [-0.4, -0.2) is 40.1 Å². The van der Waals surface area contributed by atoms with E-state index in [1.54, 1.807) is 6.92 Å². The van der Waals surface area contributed by atoms with Gasteiger partial charge in [-0.15, -0.1) is 0 Å². The number of carboxylic acids is 2. The molecule has 0 heterocycles. The van der Waals surface area contributed by atoms with Gasteiger partial charge in [-0.2, -0.15) is 0 Å². The maximum Gasteiger partial charge on any atom is 0.305 e. The van der Waals surface area contributed by atoms with Crippen LogP contribution in [0.25, 0.3) is 0 Å². The number of amides is 1. The molecule has 19 heavy (non-hydrogen) atoms. The number of aliphatic carboxylic acids is 2. The molecule has 0 rings (SSSR count). The average Bonchev–Trinajstić information content (AvgIpc) is 2.24. The van der Waals surface area contributed by atoms with Crippen molar-refractivity contribution in [3.05, 3.63) is 12.3 Å². The molecule has 0 radical (unpaired) electrons. The van der Waals surface area contributed by atoms with Crippen molar-refractivity contribution in [1.82, 2.24) is 10.6 Å². The van der Waals surface area contributed by atoms with E-state index in [1.165, 1.54) is 6.92 Å². The van der Waals surface area contributed by atoms with Crippen LogP contribution >= 0.6 is 0 Å².